The predicted octanol–water partition coefficient (Wildman–Crippen LogP) is 3.20. The summed E-state index contributed by atoms with van der Waals surface area (Å²) in [6, 6.07) is 7.34. The highest BCUT2D eigenvalue weighted by Gasteiger charge is 2.25. The molecule has 1 fully saturated rings. The second-order valence-electron chi connectivity index (χ2n) is 6.16. The number of hydrogen-bond donors (Lipinski definition) is 1. The number of amides is 1. The van der Waals surface area contributed by atoms with Gasteiger partial charge in [0.15, 0.2) is 5.82 Å². The molecule has 1 amide bonds. The predicted molar refractivity (Wildman–Crippen MR) is 101 cm³/mol. The number of carbonyl (C=O) groups excluding carboxylic acids is 1. The molecule has 25 heavy (non-hydrogen) atoms. The van der Waals surface area contributed by atoms with Gasteiger partial charge in [-0.3, -0.25) is 4.79 Å². The summed E-state index contributed by atoms with van der Waals surface area (Å²) < 4.78 is 1.40. The van der Waals surface area contributed by atoms with Gasteiger partial charge in [-0.1, -0.05) is 48.3 Å². The van der Waals surface area contributed by atoms with E-state index in [4.69, 9.17) is 17.4 Å². The van der Waals surface area contributed by atoms with Crippen molar-refractivity contribution in [2.24, 2.45) is 0 Å². The molecular weight excluding hydrogens is 358 g/mol. The summed E-state index contributed by atoms with van der Waals surface area (Å²) in [5.41, 5.74) is 0.720. The number of halogens is 1. The zero-order valence-electron chi connectivity index (χ0n) is 14.2. The Hall–Kier alpha value is -1.73. The van der Waals surface area contributed by atoms with Gasteiger partial charge >= 0.3 is 0 Å². The number of nitrogens with two attached hydrogens (primary N) is 1. The Morgan fingerprint density at radius 2 is 1.88 bits per heavy atom. The van der Waals surface area contributed by atoms with Crippen LogP contribution in [-0.4, -0.2) is 44.0 Å². The molecule has 8 heteroatoms. The van der Waals surface area contributed by atoms with Gasteiger partial charge in [0.1, 0.15) is 0 Å². The van der Waals surface area contributed by atoms with Crippen LogP contribution in [0.1, 0.15) is 32.6 Å². The number of nitrogens with zero attached hydrogens (tertiary/aromatic N) is 4. The van der Waals surface area contributed by atoms with Crippen molar-refractivity contribution in [2.75, 3.05) is 18.9 Å². The molecule has 1 aromatic heterocycles. The number of thioether (sulfide) groups is 1. The number of carbonyl (C=O) groups is 1. The fourth-order valence-corrected chi connectivity index (χ4v) is 4.01. The van der Waals surface area contributed by atoms with Gasteiger partial charge < -0.3 is 10.7 Å². The van der Waals surface area contributed by atoms with Crippen LogP contribution in [0.5, 0.6) is 0 Å². The summed E-state index contributed by atoms with van der Waals surface area (Å²) in [7, 11) is 0. The molecule has 0 bridgehead atoms. The summed E-state index contributed by atoms with van der Waals surface area (Å²) in [5.74, 6) is 6.77. The molecule has 1 aromatic carbocycles. The Morgan fingerprint density at radius 3 is 2.56 bits per heavy atom. The first kappa shape index (κ1) is 18.1. The molecule has 2 heterocycles. The fraction of sp³-hybridized carbons (Fsp3) is 0.471. The molecule has 0 unspecified atom stereocenters. The van der Waals surface area contributed by atoms with Crippen molar-refractivity contribution >= 4 is 29.3 Å². The van der Waals surface area contributed by atoms with E-state index in [1.807, 2.05) is 30.0 Å². The van der Waals surface area contributed by atoms with Crippen molar-refractivity contribution < 1.29 is 4.79 Å². The van der Waals surface area contributed by atoms with Crippen molar-refractivity contribution in [2.45, 2.75) is 43.0 Å². The minimum Gasteiger partial charge on any atom is -0.342 e. The summed E-state index contributed by atoms with van der Waals surface area (Å²) in [5, 5.41) is 9.09. The first-order valence-electron chi connectivity index (χ1n) is 8.48. The van der Waals surface area contributed by atoms with Crippen LogP contribution >= 0.6 is 23.4 Å². The zero-order chi connectivity index (χ0) is 17.8. The standard InChI is InChI=1S/C17H22ClN5OS/c1-12(16(24)22-10-6-2-3-7-11-22)25-17-21-20-15(23(17)19)13-8-4-5-9-14(13)18/h4-5,8-9,12H,2-3,6-7,10-11,19H2,1H3/t12-/m0/s1. The van der Waals surface area contributed by atoms with Gasteiger partial charge in [0.05, 0.1) is 10.3 Å². The number of rotatable bonds is 4. The Balaban J connectivity index is 1.73. The average molecular weight is 380 g/mol. The van der Waals surface area contributed by atoms with E-state index >= 15 is 0 Å². The second kappa shape index (κ2) is 8.10. The number of benzene rings is 1. The fourth-order valence-electron chi connectivity index (χ4n) is 2.94. The topological polar surface area (TPSA) is 77.0 Å². The molecule has 134 valence electrons. The van der Waals surface area contributed by atoms with Gasteiger partial charge in [-0.05, 0) is 31.9 Å². The molecule has 0 saturated carbocycles. The van der Waals surface area contributed by atoms with E-state index in [1.54, 1.807) is 6.07 Å². The Morgan fingerprint density at radius 1 is 1.20 bits per heavy atom. The van der Waals surface area contributed by atoms with Gasteiger partial charge in [0.25, 0.3) is 0 Å². The van der Waals surface area contributed by atoms with Crippen LogP contribution in [-0.2, 0) is 4.79 Å². The van der Waals surface area contributed by atoms with Gasteiger partial charge in [-0.2, -0.15) is 0 Å². The minimum absolute atomic E-state index is 0.134. The van der Waals surface area contributed by atoms with Gasteiger partial charge in [-0.25, -0.2) is 4.68 Å². The highest BCUT2D eigenvalue weighted by molar-refractivity contribution is 8.00. The summed E-state index contributed by atoms with van der Waals surface area (Å²) in [4.78, 5) is 14.6. The lowest BCUT2D eigenvalue weighted by molar-refractivity contribution is -0.130. The van der Waals surface area contributed by atoms with Crippen LogP contribution in [0.15, 0.2) is 29.4 Å². The minimum atomic E-state index is -0.260. The maximum absolute atomic E-state index is 12.7. The molecule has 0 spiro atoms. The van der Waals surface area contributed by atoms with E-state index in [0.717, 1.165) is 31.5 Å². The normalized spacial score (nSPS) is 16.5. The molecule has 0 aliphatic carbocycles. The Bertz CT molecular complexity index is 742. The Kier molecular flexibility index (Phi) is 5.86. The molecular formula is C17H22ClN5OS. The zero-order valence-corrected chi connectivity index (χ0v) is 15.8. The SMILES string of the molecule is C[C@H](Sc1nnc(-c2ccccc2Cl)n1N)C(=O)N1CCCCCC1. The van der Waals surface area contributed by atoms with E-state index in [2.05, 4.69) is 10.2 Å². The lowest BCUT2D eigenvalue weighted by Gasteiger charge is -2.23. The highest BCUT2D eigenvalue weighted by atomic mass is 35.5. The van der Waals surface area contributed by atoms with Crippen molar-refractivity contribution in [1.82, 2.24) is 19.8 Å². The maximum atomic E-state index is 12.7. The number of nitrogen functional groups attached to an aromatic ring is 1. The van der Waals surface area contributed by atoms with E-state index in [1.165, 1.54) is 29.3 Å². The largest absolute Gasteiger partial charge is 0.342 e. The summed E-state index contributed by atoms with van der Waals surface area (Å²) >= 11 is 7.54. The highest BCUT2D eigenvalue weighted by Crippen LogP contribution is 2.29. The third kappa shape index (κ3) is 4.10. The van der Waals surface area contributed by atoms with E-state index in [0.29, 0.717) is 16.0 Å². The van der Waals surface area contributed by atoms with Crippen LogP contribution in [0.2, 0.25) is 5.02 Å². The van der Waals surface area contributed by atoms with Crippen LogP contribution < -0.4 is 5.84 Å². The molecule has 2 N–H and O–H groups in total. The van der Waals surface area contributed by atoms with E-state index in [-0.39, 0.29) is 11.2 Å². The smallest absolute Gasteiger partial charge is 0.235 e. The molecule has 3 rings (SSSR count). The van der Waals surface area contributed by atoms with Crippen molar-refractivity contribution in [3.8, 4) is 11.4 Å². The number of hydrogen-bond acceptors (Lipinski definition) is 5. The third-order valence-corrected chi connectivity index (χ3v) is 5.70. The molecule has 0 radical (unpaired) electrons. The van der Waals surface area contributed by atoms with Gasteiger partial charge in [0.2, 0.25) is 11.1 Å². The number of aromatic nitrogens is 3. The van der Waals surface area contributed by atoms with Crippen molar-refractivity contribution in [3.05, 3.63) is 29.3 Å². The summed E-state index contributed by atoms with van der Waals surface area (Å²) in [6.07, 6.45) is 4.55. The van der Waals surface area contributed by atoms with Gasteiger partial charge in [-0.15, -0.1) is 10.2 Å². The van der Waals surface area contributed by atoms with Crippen LogP contribution in [0.3, 0.4) is 0 Å². The first-order chi connectivity index (χ1) is 12.1. The molecule has 2 aromatic rings. The maximum Gasteiger partial charge on any atom is 0.235 e. The summed E-state index contributed by atoms with van der Waals surface area (Å²) in [6.45, 7) is 3.57. The van der Waals surface area contributed by atoms with Crippen LogP contribution in [0.25, 0.3) is 11.4 Å². The molecule has 6 nitrogen and oxygen atoms in total. The monoisotopic (exact) mass is 379 g/mol. The van der Waals surface area contributed by atoms with Crippen LogP contribution in [0.4, 0.5) is 0 Å². The molecule has 1 saturated heterocycles. The lowest BCUT2D eigenvalue weighted by atomic mass is 10.2. The van der Waals surface area contributed by atoms with Crippen molar-refractivity contribution in [3.63, 3.8) is 0 Å². The van der Waals surface area contributed by atoms with Crippen LogP contribution in [0, 0.1) is 0 Å². The molecule has 1 aliphatic heterocycles. The lowest BCUT2D eigenvalue weighted by Crippen LogP contribution is -2.37. The third-order valence-electron chi connectivity index (χ3n) is 4.33. The average Bonchev–Trinajstić information content (AvgIpc) is 2.81. The number of likely N-dealkylation sites (tertiary alicyclic amines) is 1. The van der Waals surface area contributed by atoms with Crippen molar-refractivity contribution in [1.29, 1.82) is 0 Å². The van der Waals surface area contributed by atoms with E-state index < -0.39 is 0 Å². The molecule has 1 atom stereocenters. The first-order valence-corrected chi connectivity index (χ1v) is 9.74. The quantitative estimate of drug-likeness (QED) is 0.652. The second-order valence-corrected chi connectivity index (χ2v) is 7.87. The Labute approximate surface area is 156 Å². The van der Waals surface area contributed by atoms with E-state index in [9.17, 15) is 4.79 Å². The van der Waals surface area contributed by atoms with Gasteiger partial charge in [0, 0.05) is 18.7 Å². The molecule has 1 aliphatic rings.